The van der Waals surface area contributed by atoms with E-state index in [1.807, 2.05) is 18.2 Å². The molecule has 0 spiro atoms. The third-order valence-corrected chi connectivity index (χ3v) is 6.51. The molecule has 158 valence electrons. The van der Waals surface area contributed by atoms with E-state index in [1.54, 1.807) is 6.07 Å². The van der Waals surface area contributed by atoms with Crippen LogP contribution in [-0.4, -0.2) is 34.3 Å². The van der Waals surface area contributed by atoms with Crippen LogP contribution in [-0.2, 0) is 0 Å². The SMILES string of the molecule is Cl.Cl.N[C@@H]1CCN(c2ccc3[nH]c(=O)c4sc(-c5ccc(O)c(O)c5)cc4c3c2)C1. The molecular formula is C21H21Cl2N3O3S. The number of halogens is 2. The largest absolute Gasteiger partial charge is 0.504 e. The molecule has 2 aromatic heterocycles. The van der Waals surface area contributed by atoms with Crippen LogP contribution >= 0.6 is 36.2 Å². The molecule has 0 amide bonds. The average Bonchev–Trinajstić information content (AvgIpc) is 3.31. The van der Waals surface area contributed by atoms with E-state index in [9.17, 15) is 15.0 Å². The number of pyridine rings is 1. The number of nitrogens with two attached hydrogens (primary N) is 1. The number of rotatable bonds is 2. The van der Waals surface area contributed by atoms with Gasteiger partial charge >= 0.3 is 0 Å². The number of phenolic OH excluding ortho intramolecular Hbond substituents is 2. The highest BCUT2D eigenvalue weighted by Crippen LogP contribution is 2.38. The highest BCUT2D eigenvalue weighted by Gasteiger charge is 2.20. The van der Waals surface area contributed by atoms with Crippen LogP contribution in [0.5, 0.6) is 11.5 Å². The Morgan fingerprint density at radius 2 is 1.83 bits per heavy atom. The highest BCUT2D eigenvalue weighted by molar-refractivity contribution is 7.22. The number of aromatic nitrogens is 1. The summed E-state index contributed by atoms with van der Waals surface area (Å²) in [5, 5.41) is 21.2. The summed E-state index contributed by atoms with van der Waals surface area (Å²) < 4.78 is 0.644. The van der Waals surface area contributed by atoms with Gasteiger partial charge in [0.15, 0.2) is 11.5 Å². The minimum atomic E-state index is -0.179. The van der Waals surface area contributed by atoms with Crippen molar-refractivity contribution in [2.24, 2.45) is 5.73 Å². The molecule has 1 aliphatic heterocycles. The highest BCUT2D eigenvalue weighted by atomic mass is 35.5. The normalized spacial score (nSPS) is 15.9. The summed E-state index contributed by atoms with van der Waals surface area (Å²) in [6.07, 6.45) is 0.978. The molecule has 0 bridgehead atoms. The van der Waals surface area contributed by atoms with Gasteiger partial charge in [-0.05, 0) is 54.4 Å². The van der Waals surface area contributed by atoms with Gasteiger partial charge in [-0.15, -0.1) is 36.2 Å². The molecule has 5 rings (SSSR count). The topological polar surface area (TPSA) is 103 Å². The number of nitrogens with one attached hydrogen (secondary N) is 1. The summed E-state index contributed by atoms with van der Waals surface area (Å²) in [7, 11) is 0. The first kappa shape index (κ1) is 22.2. The van der Waals surface area contributed by atoms with Crippen molar-refractivity contribution in [2.75, 3.05) is 18.0 Å². The Morgan fingerprint density at radius 3 is 2.53 bits per heavy atom. The lowest BCUT2D eigenvalue weighted by atomic mass is 10.1. The standard InChI is InChI=1S/C21H19N3O3S.2ClH/c22-12-5-6-24(10-12)13-2-3-16-14(8-13)15-9-19(28-20(15)21(27)23-16)11-1-4-17(25)18(26)7-11;;/h1-4,7-9,12,25-26H,5-6,10,22H2,(H,23,27);2*1H/t12-;;/m1../s1. The van der Waals surface area contributed by atoms with Crippen LogP contribution < -0.4 is 16.2 Å². The monoisotopic (exact) mass is 465 g/mol. The lowest BCUT2D eigenvalue weighted by Gasteiger charge is -2.18. The van der Waals surface area contributed by atoms with E-state index in [-0.39, 0.29) is 47.9 Å². The van der Waals surface area contributed by atoms with Gasteiger partial charge in [0.1, 0.15) is 4.70 Å². The summed E-state index contributed by atoms with van der Waals surface area (Å²) in [6, 6.07) is 12.9. The fourth-order valence-electron chi connectivity index (χ4n) is 3.84. The van der Waals surface area contributed by atoms with Crippen LogP contribution in [0.25, 0.3) is 31.4 Å². The van der Waals surface area contributed by atoms with E-state index in [4.69, 9.17) is 5.73 Å². The Labute approximate surface area is 188 Å². The first-order chi connectivity index (χ1) is 13.5. The molecule has 5 N–H and O–H groups in total. The molecule has 0 aliphatic carbocycles. The van der Waals surface area contributed by atoms with Crippen LogP contribution in [0, 0.1) is 0 Å². The van der Waals surface area contributed by atoms with Gasteiger partial charge in [0, 0.05) is 46.0 Å². The number of aromatic amines is 1. The zero-order valence-corrected chi connectivity index (χ0v) is 18.2. The van der Waals surface area contributed by atoms with Gasteiger partial charge in [-0.25, -0.2) is 0 Å². The van der Waals surface area contributed by atoms with Crippen LogP contribution in [0.2, 0.25) is 0 Å². The second-order valence-electron chi connectivity index (χ2n) is 7.24. The summed E-state index contributed by atoms with van der Waals surface area (Å²) in [4.78, 5) is 18.7. The Kier molecular flexibility index (Phi) is 6.19. The van der Waals surface area contributed by atoms with Crippen molar-refractivity contribution in [3.63, 3.8) is 0 Å². The zero-order valence-electron chi connectivity index (χ0n) is 15.8. The number of hydrogen-bond donors (Lipinski definition) is 4. The lowest BCUT2D eigenvalue weighted by Crippen LogP contribution is -2.26. The molecule has 9 heteroatoms. The number of thiophene rings is 1. The van der Waals surface area contributed by atoms with E-state index in [1.165, 1.54) is 23.5 Å². The number of anilines is 1. The zero-order chi connectivity index (χ0) is 19.4. The van der Waals surface area contributed by atoms with Gasteiger partial charge in [0.25, 0.3) is 5.56 Å². The Bertz CT molecular complexity index is 1290. The molecule has 3 heterocycles. The quantitative estimate of drug-likeness (QED) is 0.332. The molecule has 1 saturated heterocycles. The third kappa shape index (κ3) is 3.70. The van der Waals surface area contributed by atoms with E-state index < -0.39 is 0 Å². The minimum Gasteiger partial charge on any atom is -0.504 e. The van der Waals surface area contributed by atoms with Crippen LogP contribution in [0.1, 0.15) is 6.42 Å². The van der Waals surface area contributed by atoms with Crippen molar-refractivity contribution in [1.29, 1.82) is 0 Å². The summed E-state index contributed by atoms with van der Waals surface area (Å²) >= 11 is 1.37. The minimum absolute atomic E-state index is 0. The van der Waals surface area contributed by atoms with Crippen LogP contribution in [0.3, 0.4) is 0 Å². The number of benzene rings is 2. The van der Waals surface area contributed by atoms with Crippen LogP contribution in [0.4, 0.5) is 5.69 Å². The molecule has 1 fully saturated rings. The number of fused-ring (bicyclic) bond motifs is 3. The second-order valence-corrected chi connectivity index (χ2v) is 8.29. The molecule has 0 radical (unpaired) electrons. The number of nitrogens with zero attached hydrogens (tertiary/aromatic N) is 1. The van der Waals surface area contributed by atoms with Gasteiger partial charge in [0.2, 0.25) is 0 Å². The maximum absolute atomic E-state index is 12.6. The van der Waals surface area contributed by atoms with Crippen molar-refractivity contribution in [1.82, 2.24) is 4.98 Å². The Hall–Kier alpha value is -2.45. The number of phenols is 2. The van der Waals surface area contributed by atoms with Gasteiger partial charge in [-0.3, -0.25) is 4.79 Å². The molecule has 6 nitrogen and oxygen atoms in total. The average molecular weight is 466 g/mol. The summed E-state index contributed by atoms with van der Waals surface area (Å²) in [5.41, 5.74) is 8.57. The molecule has 2 aromatic carbocycles. The molecule has 0 unspecified atom stereocenters. The van der Waals surface area contributed by atoms with Crippen molar-refractivity contribution in [3.05, 3.63) is 52.8 Å². The van der Waals surface area contributed by atoms with Crippen molar-refractivity contribution < 1.29 is 10.2 Å². The molecule has 0 saturated carbocycles. The fraction of sp³-hybridized carbons (Fsp3) is 0.190. The molecule has 4 aromatic rings. The Morgan fingerprint density at radius 1 is 1.03 bits per heavy atom. The van der Waals surface area contributed by atoms with Crippen molar-refractivity contribution >= 4 is 62.8 Å². The molecule has 1 aliphatic rings. The van der Waals surface area contributed by atoms with E-state index in [0.29, 0.717) is 4.70 Å². The number of H-pyrrole nitrogens is 1. The second kappa shape index (κ2) is 8.35. The number of hydrogen-bond acceptors (Lipinski definition) is 6. The molecule has 30 heavy (non-hydrogen) atoms. The fourth-order valence-corrected chi connectivity index (χ4v) is 4.90. The van der Waals surface area contributed by atoms with E-state index in [0.717, 1.165) is 51.9 Å². The maximum Gasteiger partial charge on any atom is 0.266 e. The Balaban J connectivity index is 0.00000128. The predicted octanol–water partition coefficient (Wildman–Crippen LogP) is 4.20. The first-order valence-corrected chi connectivity index (χ1v) is 9.94. The van der Waals surface area contributed by atoms with Gasteiger partial charge in [-0.2, -0.15) is 0 Å². The van der Waals surface area contributed by atoms with Crippen molar-refractivity contribution in [2.45, 2.75) is 12.5 Å². The summed E-state index contributed by atoms with van der Waals surface area (Å²) in [6.45, 7) is 1.76. The third-order valence-electron chi connectivity index (χ3n) is 5.33. The number of aromatic hydroxyl groups is 2. The van der Waals surface area contributed by atoms with Gasteiger partial charge < -0.3 is 25.8 Å². The van der Waals surface area contributed by atoms with Gasteiger partial charge in [-0.1, -0.05) is 0 Å². The van der Waals surface area contributed by atoms with E-state index in [2.05, 4.69) is 16.0 Å². The van der Waals surface area contributed by atoms with Gasteiger partial charge in [0.05, 0.1) is 0 Å². The summed E-state index contributed by atoms with van der Waals surface area (Å²) in [5.74, 6) is -0.344. The predicted molar refractivity (Wildman–Crippen MR) is 128 cm³/mol. The van der Waals surface area contributed by atoms with E-state index >= 15 is 0 Å². The first-order valence-electron chi connectivity index (χ1n) is 9.12. The molecule has 1 atom stereocenters. The van der Waals surface area contributed by atoms with Crippen molar-refractivity contribution in [3.8, 4) is 21.9 Å². The maximum atomic E-state index is 12.6. The molecular weight excluding hydrogens is 445 g/mol. The smallest absolute Gasteiger partial charge is 0.266 e. The van der Waals surface area contributed by atoms with Crippen LogP contribution in [0.15, 0.2) is 47.3 Å². The lowest BCUT2D eigenvalue weighted by molar-refractivity contribution is 0.404.